The summed E-state index contributed by atoms with van der Waals surface area (Å²) in [6, 6.07) is 10.1. The molecule has 3 N–H and O–H groups in total. The van der Waals surface area contributed by atoms with Crippen LogP contribution in [0.15, 0.2) is 41.0 Å². The van der Waals surface area contributed by atoms with Crippen molar-refractivity contribution in [3.05, 3.63) is 47.9 Å². The lowest BCUT2D eigenvalue weighted by molar-refractivity contribution is 0.102. The molecule has 1 saturated carbocycles. The van der Waals surface area contributed by atoms with E-state index < -0.39 is 0 Å². The Bertz CT molecular complexity index is 674. The van der Waals surface area contributed by atoms with Crippen molar-refractivity contribution >= 4 is 17.3 Å². The van der Waals surface area contributed by atoms with E-state index in [1.165, 1.54) is 31.9 Å². The van der Waals surface area contributed by atoms with E-state index in [9.17, 15) is 4.79 Å². The molecule has 1 aliphatic carbocycles. The third-order valence-corrected chi connectivity index (χ3v) is 4.52. The molecule has 0 bridgehead atoms. The number of carbonyl (C=O) groups excluding carboxylic acids is 1. The molecule has 5 heteroatoms. The zero-order valence-corrected chi connectivity index (χ0v) is 13.4. The van der Waals surface area contributed by atoms with E-state index in [0.717, 1.165) is 11.4 Å². The predicted molar refractivity (Wildman–Crippen MR) is 91.7 cm³/mol. The van der Waals surface area contributed by atoms with Crippen molar-refractivity contribution in [1.29, 1.82) is 0 Å². The van der Waals surface area contributed by atoms with E-state index in [2.05, 4.69) is 23.3 Å². The fourth-order valence-electron chi connectivity index (χ4n) is 3.18. The predicted octanol–water partition coefficient (Wildman–Crippen LogP) is 3.37. The van der Waals surface area contributed by atoms with Gasteiger partial charge in [0.05, 0.1) is 23.5 Å². The van der Waals surface area contributed by atoms with E-state index in [0.29, 0.717) is 17.4 Å². The summed E-state index contributed by atoms with van der Waals surface area (Å²) in [6.07, 6.45) is 6.42. The number of nitrogens with two attached hydrogens (primary N) is 1. The number of benzene rings is 1. The monoisotopic (exact) mass is 313 g/mol. The van der Waals surface area contributed by atoms with Crippen molar-refractivity contribution in [3.63, 3.8) is 0 Å². The van der Waals surface area contributed by atoms with Crippen LogP contribution in [0, 0.1) is 0 Å². The number of para-hydroxylation sites is 2. The third-order valence-electron chi connectivity index (χ3n) is 4.52. The number of nitrogens with one attached hydrogen (secondary N) is 1. The zero-order chi connectivity index (χ0) is 16.2. The molecule has 0 unspecified atom stereocenters. The van der Waals surface area contributed by atoms with Crippen LogP contribution in [-0.4, -0.2) is 19.0 Å². The lowest BCUT2D eigenvalue weighted by atomic mass is 10.1. The second-order valence-corrected chi connectivity index (χ2v) is 6.03. The zero-order valence-electron chi connectivity index (χ0n) is 13.4. The molecule has 1 heterocycles. The topological polar surface area (TPSA) is 71.5 Å². The summed E-state index contributed by atoms with van der Waals surface area (Å²) in [6.45, 7) is 0.286. The van der Waals surface area contributed by atoms with Crippen LogP contribution in [0.2, 0.25) is 0 Å². The molecule has 1 aromatic carbocycles. The number of anilines is 2. The summed E-state index contributed by atoms with van der Waals surface area (Å²) in [5, 5.41) is 2.99. The molecule has 122 valence electrons. The van der Waals surface area contributed by atoms with Gasteiger partial charge in [0.25, 0.3) is 5.91 Å². The van der Waals surface area contributed by atoms with Gasteiger partial charge in [0.1, 0.15) is 12.0 Å². The summed E-state index contributed by atoms with van der Waals surface area (Å²) in [5.74, 6) is 0.423. The summed E-state index contributed by atoms with van der Waals surface area (Å²) in [7, 11) is 2.10. The average Bonchev–Trinajstić information content (AvgIpc) is 3.26. The number of rotatable bonds is 5. The van der Waals surface area contributed by atoms with Crippen LogP contribution in [0.4, 0.5) is 11.4 Å². The van der Waals surface area contributed by atoms with Crippen molar-refractivity contribution in [3.8, 4) is 0 Å². The number of hydrogen-bond donors (Lipinski definition) is 2. The number of carbonyl (C=O) groups is 1. The summed E-state index contributed by atoms with van der Waals surface area (Å²) >= 11 is 0. The largest absolute Gasteiger partial charge is 0.467 e. The van der Waals surface area contributed by atoms with Crippen molar-refractivity contribution in [2.24, 2.45) is 5.73 Å². The molecule has 0 radical (unpaired) electrons. The maximum Gasteiger partial charge on any atom is 0.258 e. The Morgan fingerprint density at radius 2 is 2.09 bits per heavy atom. The SMILES string of the molecule is CN(c1ccccc1NC(=O)c1coc(CN)c1)C1CCCC1. The molecule has 0 saturated heterocycles. The fraction of sp³-hybridized carbons (Fsp3) is 0.389. The van der Waals surface area contributed by atoms with Gasteiger partial charge in [0, 0.05) is 13.1 Å². The number of amides is 1. The Morgan fingerprint density at radius 3 is 2.78 bits per heavy atom. The van der Waals surface area contributed by atoms with E-state index in [1.807, 2.05) is 18.2 Å². The van der Waals surface area contributed by atoms with Crippen LogP contribution in [0.25, 0.3) is 0 Å². The van der Waals surface area contributed by atoms with Gasteiger partial charge >= 0.3 is 0 Å². The van der Waals surface area contributed by atoms with Gasteiger partial charge in [-0.15, -0.1) is 0 Å². The van der Waals surface area contributed by atoms with Crippen molar-refractivity contribution < 1.29 is 9.21 Å². The van der Waals surface area contributed by atoms with E-state index in [-0.39, 0.29) is 12.5 Å². The second-order valence-electron chi connectivity index (χ2n) is 6.03. The van der Waals surface area contributed by atoms with Gasteiger partial charge in [-0.2, -0.15) is 0 Å². The van der Waals surface area contributed by atoms with E-state index >= 15 is 0 Å². The van der Waals surface area contributed by atoms with Crippen LogP contribution >= 0.6 is 0 Å². The maximum atomic E-state index is 12.4. The van der Waals surface area contributed by atoms with Crippen molar-refractivity contribution in [2.45, 2.75) is 38.3 Å². The molecule has 0 spiro atoms. The third kappa shape index (κ3) is 3.40. The summed E-state index contributed by atoms with van der Waals surface area (Å²) in [5.41, 5.74) is 7.88. The Kier molecular flexibility index (Phi) is 4.67. The second kappa shape index (κ2) is 6.87. The van der Waals surface area contributed by atoms with Gasteiger partial charge in [0.15, 0.2) is 0 Å². The van der Waals surface area contributed by atoms with Crippen LogP contribution in [0.1, 0.15) is 41.8 Å². The molecular formula is C18H23N3O2. The van der Waals surface area contributed by atoms with Gasteiger partial charge in [-0.1, -0.05) is 25.0 Å². The first-order valence-electron chi connectivity index (χ1n) is 8.09. The molecule has 0 aliphatic heterocycles. The standard InChI is InChI=1S/C18H23N3O2/c1-21(14-6-2-3-7-14)17-9-5-4-8-16(17)20-18(22)13-10-15(11-19)23-12-13/h4-5,8-10,12,14H,2-3,6-7,11,19H2,1H3,(H,20,22). The molecule has 1 amide bonds. The van der Waals surface area contributed by atoms with Gasteiger partial charge in [-0.25, -0.2) is 0 Å². The van der Waals surface area contributed by atoms with Crippen LogP contribution in [0.3, 0.4) is 0 Å². The summed E-state index contributed by atoms with van der Waals surface area (Å²) in [4.78, 5) is 14.7. The molecule has 1 aromatic heterocycles. The molecule has 1 fully saturated rings. The van der Waals surface area contributed by atoms with E-state index in [4.69, 9.17) is 10.2 Å². The molecule has 0 atom stereocenters. The molecule has 23 heavy (non-hydrogen) atoms. The van der Waals surface area contributed by atoms with Gasteiger partial charge in [0.2, 0.25) is 0 Å². The van der Waals surface area contributed by atoms with Gasteiger partial charge in [-0.05, 0) is 31.0 Å². The highest BCUT2D eigenvalue weighted by Gasteiger charge is 2.22. The minimum absolute atomic E-state index is 0.180. The number of furan rings is 1. The average molecular weight is 313 g/mol. The fourth-order valence-corrected chi connectivity index (χ4v) is 3.18. The maximum absolute atomic E-state index is 12.4. The van der Waals surface area contributed by atoms with Crippen molar-refractivity contribution in [1.82, 2.24) is 0 Å². The smallest absolute Gasteiger partial charge is 0.258 e. The summed E-state index contributed by atoms with van der Waals surface area (Å²) < 4.78 is 5.24. The molecule has 1 aliphatic rings. The Morgan fingerprint density at radius 1 is 1.35 bits per heavy atom. The normalized spacial score (nSPS) is 14.9. The number of nitrogens with zero attached hydrogens (tertiary/aromatic N) is 1. The lowest BCUT2D eigenvalue weighted by Gasteiger charge is -2.28. The Hall–Kier alpha value is -2.27. The molecule has 5 nitrogen and oxygen atoms in total. The van der Waals surface area contributed by atoms with Crippen LogP contribution in [0.5, 0.6) is 0 Å². The first-order valence-corrected chi connectivity index (χ1v) is 8.09. The first kappa shape index (κ1) is 15.6. The highest BCUT2D eigenvalue weighted by Crippen LogP contribution is 2.32. The lowest BCUT2D eigenvalue weighted by Crippen LogP contribution is -2.29. The highest BCUT2D eigenvalue weighted by molar-refractivity contribution is 6.05. The van der Waals surface area contributed by atoms with Gasteiger partial charge in [-0.3, -0.25) is 4.79 Å². The van der Waals surface area contributed by atoms with Gasteiger partial charge < -0.3 is 20.4 Å². The minimum atomic E-state index is -0.180. The Labute approximate surface area is 136 Å². The Balaban J connectivity index is 1.78. The van der Waals surface area contributed by atoms with E-state index in [1.54, 1.807) is 6.07 Å². The minimum Gasteiger partial charge on any atom is -0.467 e. The van der Waals surface area contributed by atoms with Crippen molar-refractivity contribution in [2.75, 3.05) is 17.3 Å². The number of hydrogen-bond acceptors (Lipinski definition) is 4. The quantitative estimate of drug-likeness (QED) is 0.888. The highest BCUT2D eigenvalue weighted by atomic mass is 16.3. The molecular weight excluding hydrogens is 290 g/mol. The van der Waals surface area contributed by atoms with Crippen LogP contribution in [-0.2, 0) is 6.54 Å². The molecule has 2 aromatic rings. The van der Waals surface area contributed by atoms with Crippen LogP contribution < -0.4 is 16.0 Å². The first-order chi connectivity index (χ1) is 11.2. The molecule has 3 rings (SSSR count).